The van der Waals surface area contributed by atoms with Gasteiger partial charge in [-0.25, -0.2) is 4.98 Å². The van der Waals surface area contributed by atoms with Crippen LogP contribution in [0.3, 0.4) is 0 Å². The van der Waals surface area contributed by atoms with Gasteiger partial charge in [-0.3, -0.25) is 0 Å². The van der Waals surface area contributed by atoms with Crippen molar-refractivity contribution in [3.05, 3.63) is 42.2 Å². The van der Waals surface area contributed by atoms with Crippen LogP contribution in [0.25, 0.3) is 11.0 Å². The molecule has 1 aromatic heterocycles. The highest BCUT2D eigenvalue weighted by molar-refractivity contribution is 5.75. The van der Waals surface area contributed by atoms with Crippen molar-refractivity contribution in [3.8, 4) is 0 Å². The lowest BCUT2D eigenvalue weighted by molar-refractivity contribution is 0.768. The molecule has 2 rings (SSSR count). The molecule has 0 aliphatic rings. The summed E-state index contributed by atoms with van der Waals surface area (Å²) >= 11 is 0. The number of hydrogen-bond acceptors (Lipinski definition) is 1. The van der Waals surface area contributed by atoms with E-state index in [1.165, 1.54) is 5.52 Å². The molecule has 0 aliphatic carbocycles. The Morgan fingerprint density at radius 1 is 1.33 bits per heavy atom. The fourth-order valence-electron chi connectivity index (χ4n) is 1.81. The standard InChI is InChI=1S/C13H16N2/c1-3-5-10-15-12-9-7-6-8-11(12)14-13(15)4-2/h3,5-9H,4,10H2,1-2H3/b5-3+. The molecule has 0 radical (unpaired) electrons. The van der Waals surface area contributed by atoms with Crippen molar-refractivity contribution in [2.75, 3.05) is 0 Å². The lowest BCUT2D eigenvalue weighted by Crippen LogP contribution is -2.00. The van der Waals surface area contributed by atoms with Crippen LogP contribution in [0.5, 0.6) is 0 Å². The first-order chi connectivity index (χ1) is 7.36. The maximum absolute atomic E-state index is 4.61. The highest BCUT2D eigenvalue weighted by Gasteiger charge is 2.06. The smallest absolute Gasteiger partial charge is 0.109 e. The van der Waals surface area contributed by atoms with Crippen molar-refractivity contribution in [1.82, 2.24) is 9.55 Å². The van der Waals surface area contributed by atoms with Gasteiger partial charge in [-0.15, -0.1) is 0 Å². The molecule has 1 heterocycles. The molecule has 0 aliphatic heterocycles. The Labute approximate surface area is 90.3 Å². The van der Waals surface area contributed by atoms with Gasteiger partial charge in [0.25, 0.3) is 0 Å². The van der Waals surface area contributed by atoms with Gasteiger partial charge in [-0.1, -0.05) is 31.2 Å². The predicted molar refractivity (Wildman–Crippen MR) is 63.9 cm³/mol. The first kappa shape index (κ1) is 9.97. The van der Waals surface area contributed by atoms with Crippen LogP contribution in [0, 0.1) is 0 Å². The van der Waals surface area contributed by atoms with Crippen molar-refractivity contribution in [1.29, 1.82) is 0 Å². The van der Waals surface area contributed by atoms with E-state index in [4.69, 9.17) is 0 Å². The third kappa shape index (κ3) is 1.80. The molecule has 0 saturated carbocycles. The highest BCUT2D eigenvalue weighted by Crippen LogP contribution is 2.16. The molecule has 0 atom stereocenters. The second-order valence-electron chi connectivity index (χ2n) is 3.55. The summed E-state index contributed by atoms with van der Waals surface area (Å²) in [6.45, 7) is 5.11. The number of imidazole rings is 1. The minimum Gasteiger partial charge on any atom is -0.324 e. The van der Waals surface area contributed by atoms with E-state index >= 15 is 0 Å². The topological polar surface area (TPSA) is 17.8 Å². The van der Waals surface area contributed by atoms with E-state index < -0.39 is 0 Å². The third-order valence-corrected chi connectivity index (χ3v) is 2.57. The van der Waals surface area contributed by atoms with Gasteiger partial charge in [-0.2, -0.15) is 0 Å². The van der Waals surface area contributed by atoms with Gasteiger partial charge in [0.15, 0.2) is 0 Å². The molecule has 0 N–H and O–H groups in total. The number of aromatic nitrogens is 2. The molecule has 2 aromatic rings. The predicted octanol–water partition coefficient (Wildman–Crippen LogP) is 3.17. The first-order valence-electron chi connectivity index (χ1n) is 5.42. The van der Waals surface area contributed by atoms with Gasteiger partial charge < -0.3 is 4.57 Å². The molecular formula is C13H16N2. The number of allylic oxidation sites excluding steroid dienone is 2. The zero-order chi connectivity index (χ0) is 10.7. The zero-order valence-electron chi connectivity index (χ0n) is 9.27. The van der Waals surface area contributed by atoms with Crippen molar-refractivity contribution in [3.63, 3.8) is 0 Å². The van der Waals surface area contributed by atoms with E-state index in [0.29, 0.717) is 0 Å². The zero-order valence-corrected chi connectivity index (χ0v) is 9.27. The van der Waals surface area contributed by atoms with Gasteiger partial charge >= 0.3 is 0 Å². The van der Waals surface area contributed by atoms with E-state index in [9.17, 15) is 0 Å². The maximum atomic E-state index is 4.61. The molecule has 15 heavy (non-hydrogen) atoms. The Balaban J connectivity index is 2.56. The molecule has 0 unspecified atom stereocenters. The van der Waals surface area contributed by atoms with Crippen molar-refractivity contribution >= 4 is 11.0 Å². The largest absolute Gasteiger partial charge is 0.324 e. The number of para-hydroxylation sites is 2. The Bertz CT molecular complexity index is 480. The number of hydrogen-bond donors (Lipinski definition) is 0. The minimum absolute atomic E-state index is 0.917. The fraction of sp³-hybridized carbons (Fsp3) is 0.308. The lowest BCUT2D eigenvalue weighted by atomic mass is 10.3. The lowest BCUT2D eigenvalue weighted by Gasteiger charge is -2.03. The van der Waals surface area contributed by atoms with Crippen molar-refractivity contribution in [2.45, 2.75) is 26.8 Å². The summed E-state index contributed by atoms with van der Waals surface area (Å²) in [7, 11) is 0. The second-order valence-corrected chi connectivity index (χ2v) is 3.55. The Morgan fingerprint density at radius 2 is 2.13 bits per heavy atom. The van der Waals surface area contributed by atoms with E-state index in [-0.39, 0.29) is 0 Å². The quantitative estimate of drug-likeness (QED) is 0.696. The average Bonchev–Trinajstić information content (AvgIpc) is 2.64. The summed E-state index contributed by atoms with van der Waals surface area (Å²) in [6, 6.07) is 8.30. The molecule has 2 nitrogen and oxygen atoms in total. The number of nitrogens with zero attached hydrogens (tertiary/aromatic N) is 2. The fourth-order valence-corrected chi connectivity index (χ4v) is 1.81. The van der Waals surface area contributed by atoms with Crippen LogP contribution in [0.4, 0.5) is 0 Å². The number of benzene rings is 1. The molecule has 1 aromatic carbocycles. The molecule has 0 fully saturated rings. The van der Waals surface area contributed by atoms with E-state index in [2.05, 4.69) is 46.8 Å². The van der Waals surface area contributed by atoms with E-state index in [1.807, 2.05) is 13.0 Å². The maximum Gasteiger partial charge on any atom is 0.109 e. The SMILES string of the molecule is C/C=C/Cn1c(CC)nc2ccccc21. The molecule has 0 saturated heterocycles. The number of rotatable bonds is 3. The van der Waals surface area contributed by atoms with Crippen LogP contribution < -0.4 is 0 Å². The monoisotopic (exact) mass is 200 g/mol. The number of fused-ring (bicyclic) bond motifs is 1. The highest BCUT2D eigenvalue weighted by atomic mass is 15.1. The summed E-state index contributed by atoms with van der Waals surface area (Å²) in [6.07, 6.45) is 5.22. The molecule has 0 spiro atoms. The summed E-state index contributed by atoms with van der Waals surface area (Å²) in [5.41, 5.74) is 2.33. The molecule has 2 heteroatoms. The molecule has 78 valence electrons. The van der Waals surface area contributed by atoms with Crippen molar-refractivity contribution < 1.29 is 0 Å². The van der Waals surface area contributed by atoms with E-state index in [0.717, 1.165) is 24.3 Å². The van der Waals surface area contributed by atoms with Gasteiger partial charge in [-0.05, 0) is 19.1 Å². The summed E-state index contributed by atoms with van der Waals surface area (Å²) in [4.78, 5) is 4.61. The molecule has 0 bridgehead atoms. The average molecular weight is 200 g/mol. The first-order valence-corrected chi connectivity index (χ1v) is 5.42. The van der Waals surface area contributed by atoms with Gasteiger partial charge in [0.1, 0.15) is 5.82 Å². The van der Waals surface area contributed by atoms with Crippen LogP contribution in [0.2, 0.25) is 0 Å². The molecular weight excluding hydrogens is 184 g/mol. The Kier molecular flexibility index (Phi) is 2.86. The summed E-state index contributed by atoms with van der Waals surface area (Å²) in [5.74, 6) is 1.16. The summed E-state index contributed by atoms with van der Waals surface area (Å²) in [5, 5.41) is 0. The van der Waals surface area contributed by atoms with Gasteiger partial charge in [0.05, 0.1) is 11.0 Å². The van der Waals surface area contributed by atoms with Gasteiger partial charge in [0.2, 0.25) is 0 Å². The van der Waals surface area contributed by atoms with Crippen LogP contribution in [0.15, 0.2) is 36.4 Å². The van der Waals surface area contributed by atoms with Crippen LogP contribution >= 0.6 is 0 Å². The minimum atomic E-state index is 0.917. The third-order valence-electron chi connectivity index (χ3n) is 2.57. The summed E-state index contributed by atoms with van der Waals surface area (Å²) < 4.78 is 2.27. The molecule has 0 amide bonds. The normalized spacial score (nSPS) is 11.6. The second kappa shape index (κ2) is 4.30. The van der Waals surface area contributed by atoms with Crippen LogP contribution in [-0.4, -0.2) is 9.55 Å². The van der Waals surface area contributed by atoms with Gasteiger partial charge in [0, 0.05) is 13.0 Å². The number of aryl methyl sites for hydroxylation is 1. The van der Waals surface area contributed by atoms with Crippen LogP contribution in [0.1, 0.15) is 19.7 Å². The Morgan fingerprint density at radius 3 is 2.87 bits per heavy atom. The van der Waals surface area contributed by atoms with Crippen molar-refractivity contribution in [2.24, 2.45) is 0 Å². The van der Waals surface area contributed by atoms with E-state index in [1.54, 1.807) is 0 Å². The van der Waals surface area contributed by atoms with Crippen LogP contribution in [-0.2, 0) is 13.0 Å². The Hall–Kier alpha value is -1.57.